The molecule has 0 saturated heterocycles. The summed E-state index contributed by atoms with van der Waals surface area (Å²) in [5.74, 6) is 0. The zero-order valence-corrected chi connectivity index (χ0v) is 9.19. The third-order valence-electron chi connectivity index (χ3n) is 2.81. The van der Waals surface area contributed by atoms with E-state index < -0.39 is 0 Å². The quantitative estimate of drug-likeness (QED) is 0.723. The molecule has 0 amide bonds. The second kappa shape index (κ2) is 4.83. The SMILES string of the molecule is CC1=CC=CCN1CCc1ccccc1. The number of rotatable bonds is 3. The van der Waals surface area contributed by atoms with Gasteiger partial charge in [0.25, 0.3) is 0 Å². The third kappa shape index (κ3) is 2.72. The Balaban J connectivity index is 1.89. The fourth-order valence-electron chi connectivity index (χ4n) is 1.82. The van der Waals surface area contributed by atoms with Gasteiger partial charge >= 0.3 is 0 Å². The number of nitrogens with zero attached hydrogens (tertiary/aromatic N) is 1. The highest BCUT2D eigenvalue weighted by Crippen LogP contribution is 2.10. The van der Waals surface area contributed by atoms with Crippen LogP contribution in [0.15, 0.2) is 54.3 Å². The van der Waals surface area contributed by atoms with Gasteiger partial charge in [-0.15, -0.1) is 0 Å². The molecule has 1 aliphatic rings. The Morgan fingerprint density at radius 1 is 1.20 bits per heavy atom. The first-order valence-corrected chi connectivity index (χ1v) is 5.48. The summed E-state index contributed by atoms with van der Waals surface area (Å²) in [6.45, 7) is 4.33. The van der Waals surface area contributed by atoms with E-state index in [-0.39, 0.29) is 0 Å². The highest BCUT2D eigenvalue weighted by Gasteiger charge is 2.05. The van der Waals surface area contributed by atoms with Gasteiger partial charge in [0.1, 0.15) is 0 Å². The molecule has 0 radical (unpaired) electrons. The Bertz CT molecular complexity index is 362. The molecule has 0 bridgehead atoms. The Hall–Kier alpha value is -1.50. The minimum absolute atomic E-state index is 1.05. The molecular weight excluding hydrogens is 182 g/mol. The Morgan fingerprint density at radius 3 is 2.73 bits per heavy atom. The van der Waals surface area contributed by atoms with E-state index in [4.69, 9.17) is 0 Å². The van der Waals surface area contributed by atoms with Crippen molar-refractivity contribution in [2.75, 3.05) is 13.1 Å². The van der Waals surface area contributed by atoms with Gasteiger partial charge in [0.2, 0.25) is 0 Å². The maximum atomic E-state index is 2.41. The summed E-state index contributed by atoms with van der Waals surface area (Å²) >= 11 is 0. The topological polar surface area (TPSA) is 3.24 Å². The minimum atomic E-state index is 1.05. The number of hydrogen-bond acceptors (Lipinski definition) is 1. The van der Waals surface area contributed by atoms with Crippen molar-refractivity contribution in [3.63, 3.8) is 0 Å². The van der Waals surface area contributed by atoms with Gasteiger partial charge in [0.15, 0.2) is 0 Å². The lowest BCUT2D eigenvalue weighted by atomic mass is 10.1. The predicted octanol–water partition coefficient (Wildman–Crippen LogP) is 3.00. The van der Waals surface area contributed by atoms with E-state index in [1.165, 1.54) is 11.3 Å². The Kier molecular flexibility index (Phi) is 3.23. The van der Waals surface area contributed by atoms with Crippen molar-refractivity contribution in [2.24, 2.45) is 0 Å². The Labute approximate surface area is 91.7 Å². The van der Waals surface area contributed by atoms with Crippen molar-refractivity contribution in [1.82, 2.24) is 4.90 Å². The van der Waals surface area contributed by atoms with Crippen molar-refractivity contribution >= 4 is 0 Å². The first kappa shape index (κ1) is 10.0. The van der Waals surface area contributed by atoms with Gasteiger partial charge in [-0.1, -0.05) is 42.5 Å². The molecule has 0 aliphatic carbocycles. The first-order chi connectivity index (χ1) is 7.36. The summed E-state index contributed by atoms with van der Waals surface area (Å²) in [7, 11) is 0. The maximum absolute atomic E-state index is 2.41. The molecule has 0 unspecified atom stereocenters. The van der Waals surface area contributed by atoms with Crippen LogP contribution in [-0.2, 0) is 6.42 Å². The normalized spacial score (nSPS) is 15.3. The number of allylic oxidation sites excluding steroid dienone is 3. The van der Waals surface area contributed by atoms with Gasteiger partial charge in [-0.2, -0.15) is 0 Å². The van der Waals surface area contributed by atoms with Gasteiger partial charge in [0, 0.05) is 18.8 Å². The van der Waals surface area contributed by atoms with E-state index in [0.29, 0.717) is 0 Å². The number of benzene rings is 1. The molecule has 0 saturated carbocycles. The summed E-state index contributed by atoms with van der Waals surface area (Å²) in [6.07, 6.45) is 7.64. The predicted molar refractivity (Wildman–Crippen MR) is 64.6 cm³/mol. The van der Waals surface area contributed by atoms with Crippen molar-refractivity contribution < 1.29 is 0 Å². The van der Waals surface area contributed by atoms with Gasteiger partial charge in [0.05, 0.1) is 0 Å². The number of hydrogen-bond donors (Lipinski definition) is 0. The lowest BCUT2D eigenvalue weighted by molar-refractivity contribution is 0.381. The van der Waals surface area contributed by atoms with Crippen LogP contribution in [0.1, 0.15) is 12.5 Å². The summed E-state index contributed by atoms with van der Waals surface area (Å²) in [5.41, 5.74) is 2.79. The fraction of sp³-hybridized carbons (Fsp3) is 0.286. The average molecular weight is 199 g/mol. The monoisotopic (exact) mass is 199 g/mol. The summed E-state index contributed by atoms with van der Waals surface area (Å²) < 4.78 is 0. The third-order valence-corrected chi connectivity index (χ3v) is 2.81. The highest BCUT2D eigenvalue weighted by molar-refractivity contribution is 5.18. The van der Waals surface area contributed by atoms with Crippen molar-refractivity contribution in [1.29, 1.82) is 0 Å². The molecule has 1 heteroatoms. The van der Waals surface area contributed by atoms with Crippen LogP contribution < -0.4 is 0 Å². The highest BCUT2D eigenvalue weighted by atomic mass is 15.1. The molecule has 1 nitrogen and oxygen atoms in total. The summed E-state index contributed by atoms with van der Waals surface area (Å²) in [6, 6.07) is 10.7. The molecule has 0 atom stereocenters. The van der Waals surface area contributed by atoms with Crippen LogP contribution in [-0.4, -0.2) is 18.0 Å². The molecule has 15 heavy (non-hydrogen) atoms. The van der Waals surface area contributed by atoms with Crippen molar-refractivity contribution in [2.45, 2.75) is 13.3 Å². The molecule has 1 aromatic rings. The molecule has 0 N–H and O–H groups in total. The Morgan fingerprint density at radius 2 is 2.00 bits per heavy atom. The molecule has 2 rings (SSSR count). The summed E-state index contributed by atoms with van der Waals surface area (Å²) in [5, 5.41) is 0. The van der Waals surface area contributed by atoms with E-state index in [1.807, 2.05) is 0 Å². The average Bonchev–Trinajstić information content (AvgIpc) is 2.29. The second-order valence-electron chi connectivity index (χ2n) is 3.92. The molecule has 0 aromatic heterocycles. The van der Waals surface area contributed by atoms with Crippen LogP contribution in [0.2, 0.25) is 0 Å². The minimum Gasteiger partial charge on any atom is -0.371 e. The maximum Gasteiger partial charge on any atom is 0.0359 e. The standard InChI is InChI=1S/C14H17N/c1-13-7-5-6-11-15(13)12-10-14-8-3-2-4-9-14/h2-9H,10-12H2,1H3. The molecule has 0 fully saturated rings. The van der Waals surface area contributed by atoms with E-state index in [1.54, 1.807) is 0 Å². The van der Waals surface area contributed by atoms with Crippen molar-refractivity contribution in [3.8, 4) is 0 Å². The van der Waals surface area contributed by atoms with Crippen LogP contribution in [0.25, 0.3) is 0 Å². The van der Waals surface area contributed by atoms with E-state index >= 15 is 0 Å². The smallest absolute Gasteiger partial charge is 0.0359 e. The van der Waals surface area contributed by atoms with Gasteiger partial charge in [-0.05, 0) is 25.0 Å². The van der Waals surface area contributed by atoms with E-state index in [0.717, 1.165) is 19.5 Å². The lowest BCUT2D eigenvalue weighted by Crippen LogP contribution is -2.25. The van der Waals surface area contributed by atoms with Gasteiger partial charge < -0.3 is 4.90 Å². The van der Waals surface area contributed by atoms with Gasteiger partial charge in [-0.25, -0.2) is 0 Å². The van der Waals surface area contributed by atoms with E-state index in [9.17, 15) is 0 Å². The molecule has 78 valence electrons. The molecule has 1 aliphatic heterocycles. The van der Waals surface area contributed by atoms with E-state index in [2.05, 4.69) is 60.4 Å². The lowest BCUT2D eigenvalue weighted by Gasteiger charge is -2.25. The van der Waals surface area contributed by atoms with Crippen LogP contribution in [0.5, 0.6) is 0 Å². The first-order valence-electron chi connectivity index (χ1n) is 5.48. The van der Waals surface area contributed by atoms with Crippen molar-refractivity contribution in [3.05, 3.63) is 59.8 Å². The zero-order chi connectivity index (χ0) is 10.5. The van der Waals surface area contributed by atoms with Gasteiger partial charge in [-0.3, -0.25) is 0 Å². The molecule has 1 aromatic carbocycles. The zero-order valence-electron chi connectivity index (χ0n) is 9.19. The van der Waals surface area contributed by atoms with Crippen LogP contribution in [0, 0.1) is 0 Å². The largest absolute Gasteiger partial charge is 0.371 e. The second-order valence-corrected chi connectivity index (χ2v) is 3.92. The molecule has 0 spiro atoms. The van der Waals surface area contributed by atoms with Crippen LogP contribution >= 0.6 is 0 Å². The van der Waals surface area contributed by atoms with Crippen LogP contribution in [0.3, 0.4) is 0 Å². The molecular formula is C14H17N. The molecule has 1 heterocycles. The fourth-order valence-corrected chi connectivity index (χ4v) is 1.82. The van der Waals surface area contributed by atoms with Crippen LogP contribution in [0.4, 0.5) is 0 Å². The summed E-state index contributed by atoms with van der Waals surface area (Å²) in [4.78, 5) is 2.41.